The molecule has 0 saturated heterocycles. The first-order valence-corrected chi connectivity index (χ1v) is 9.06. The minimum Gasteiger partial charge on any atom is -0.273 e. The smallest absolute Gasteiger partial charge is 0.244 e. The summed E-state index contributed by atoms with van der Waals surface area (Å²) in [4.78, 5) is 23.5. The van der Waals surface area contributed by atoms with Gasteiger partial charge in [-0.25, -0.2) is 13.5 Å². The average molecular weight is 406 g/mol. The van der Waals surface area contributed by atoms with Crippen LogP contribution in [0.2, 0.25) is 0 Å². The molecule has 0 saturated carbocycles. The minimum absolute atomic E-state index is 0.231. The van der Waals surface area contributed by atoms with Gasteiger partial charge >= 0.3 is 0 Å². The van der Waals surface area contributed by atoms with Crippen LogP contribution in [0.3, 0.4) is 0 Å². The van der Waals surface area contributed by atoms with Gasteiger partial charge in [0.1, 0.15) is 11.6 Å². The summed E-state index contributed by atoms with van der Waals surface area (Å²) < 4.78 is 30.2. The van der Waals surface area contributed by atoms with Crippen molar-refractivity contribution in [1.29, 1.82) is 0 Å². The van der Waals surface area contributed by atoms with Crippen LogP contribution in [0.15, 0.2) is 48.8 Å². The van der Waals surface area contributed by atoms with Crippen molar-refractivity contribution in [3.63, 3.8) is 0 Å². The van der Waals surface area contributed by atoms with E-state index in [1.165, 1.54) is 44.4 Å². The molecule has 0 amide bonds. The van der Waals surface area contributed by atoms with Crippen LogP contribution in [-0.2, 0) is 0 Å². The minimum atomic E-state index is -0.568. The van der Waals surface area contributed by atoms with E-state index in [0.717, 1.165) is 14.9 Å². The Labute approximate surface area is 170 Å². The highest BCUT2D eigenvalue weighted by atomic mass is 19.1. The van der Waals surface area contributed by atoms with Gasteiger partial charge in [0.05, 0.1) is 17.4 Å². The lowest BCUT2D eigenvalue weighted by Gasteiger charge is -2.02. The number of hydrogen-bond donors (Lipinski definition) is 0. The molecule has 0 radical (unpaired) electrons. The zero-order chi connectivity index (χ0) is 21.4. The van der Waals surface area contributed by atoms with Crippen LogP contribution in [-0.4, -0.2) is 31.4 Å². The first-order valence-electron chi connectivity index (χ1n) is 9.06. The molecule has 0 atom stereocenters. The molecular formula is C22H16F2N4O2. The Balaban J connectivity index is 1.85. The number of nitrogens with zero attached hydrogens (tertiary/aromatic N) is 4. The van der Waals surface area contributed by atoms with Crippen molar-refractivity contribution in [1.82, 2.24) is 19.6 Å². The SMILES string of the molecule is CC(=O)n1cc(-c2cc3c(/C=C/c4ccc(F)cc4)nn(C(C)=O)c3cc2F)cn1. The van der Waals surface area contributed by atoms with E-state index in [0.29, 0.717) is 22.2 Å². The van der Waals surface area contributed by atoms with Gasteiger partial charge in [-0.1, -0.05) is 18.2 Å². The fourth-order valence-corrected chi connectivity index (χ4v) is 3.13. The van der Waals surface area contributed by atoms with Gasteiger partial charge in [0, 0.05) is 42.6 Å². The Morgan fingerprint density at radius 3 is 2.37 bits per heavy atom. The molecule has 2 heterocycles. The quantitative estimate of drug-likeness (QED) is 0.496. The third-order valence-corrected chi connectivity index (χ3v) is 4.62. The third kappa shape index (κ3) is 3.55. The van der Waals surface area contributed by atoms with Crippen LogP contribution in [0.5, 0.6) is 0 Å². The molecule has 6 nitrogen and oxygen atoms in total. The Kier molecular flexibility index (Phi) is 4.83. The lowest BCUT2D eigenvalue weighted by molar-refractivity contribution is 0.0915. The zero-order valence-corrected chi connectivity index (χ0v) is 16.1. The summed E-state index contributed by atoms with van der Waals surface area (Å²) >= 11 is 0. The monoisotopic (exact) mass is 406 g/mol. The fourth-order valence-electron chi connectivity index (χ4n) is 3.13. The Hall–Kier alpha value is -3.94. The molecule has 0 fully saturated rings. The van der Waals surface area contributed by atoms with Crippen molar-refractivity contribution in [3.05, 3.63) is 71.7 Å². The largest absolute Gasteiger partial charge is 0.273 e. The van der Waals surface area contributed by atoms with Crippen LogP contribution in [0.1, 0.15) is 34.7 Å². The fraction of sp³-hybridized carbons (Fsp3) is 0.0909. The molecule has 2 aromatic heterocycles. The maximum atomic E-state index is 14.8. The summed E-state index contributed by atoms with van der Waals surface area (Å²) in [5, 5.41) is 8.78. The normalized spacial score (nSPS) is 11.5. The lowest BCUT2D eigenvalue weighted by Crippen LogP contribution is -2.07. The lowest BCUT2D eigenvalue weighted by atomic mass is 10.0. The highest BCUT2D eigenvalue weighted by molar-refractivity contribution is 5.98. The Morgan fingerprint density at radius 2 is 1.73 bits per heavy atom. The molecule has 4 rings (SSSR count). The first-order chi connectivity index (χ1) is 14.3. The van der Waals surface area contributed by atoms with Crippen molar-refractivity contribution in [3.8, 4) is 11.1 Å². The second kappa shape index (κ2) is 7.47. The number of fused-ring (bicyclic) bond motifs is 1. The van der Waals surface area contributed by atoms with Crippen LogP contribution in [0.4, 0.5) is 8.78 Å². The third-order valence-electron chi connectivity index (χ3n) is 4.62. The number of rotatable bonds is 3. The van der Waals surface area contributed by atoms with Gasteiger partial charge in [0.25, 0.3) is 0 Å². The van der Waals surface area contributed by atoms with E-state index in [1.54, 1.807) is 30.4 Å². The number of halogens is 2. The van der Waals surface area contributed by atoms with E-state index < -0.39 is 5.82 Å². The molecule has 0 unspecified atom stereocenters. The molecular weight excluding hydrogens is 390 g/mol. The van der Waals surface area contributed by atoms with Crippen LogP contribution < -0.4 is 0 Å². The predicted octanol–water partition coefficient (Wildman–Crippen LogP) is 4.67. The maximum Gasteiger partial charge on any atom is 0.244 e. The molecule has 8 heteroatoms. The van der Waals surface area contributed by atoms with E-state index >= 15 is 0 Å². The Morgan fingerprint density at radius 1 is 1.00 bits per heavy atom. The molecule has 150 valence electrons. The van der Waals surface area contributed by atoms with Crippen LogP contribution in [0, 0.1) is 11.6 Å². The number of carbonyl (C=O) groups is 2. The van der Waals surface area contributed by atoms with Crippen molar-refractivity contribution in [2.75, 3.05) is 0 Å². The van der Waals surface area contributed by atoms with Crippen molar-refractivity contribution < 1.29 is 18.4 Å². The van der Waals surface area contributed by atoms with E-state index in [-0.39, 0.29) is 23.2 Å². The van der Waals surface area contributed by atoms with Gasteiger partial charge in [0.15, 0.2) is 0 Å². The molecule has 0 spiro atoms. The van der Waals surface area contributed by atoms with Gasteiger partial charge in [0.2, 0.25) is 11.8 Å². The highest BCUT2D eigenvalue weighted by Gasteiger charge is 2.17. The molecule has 4 aromatic rings. The van der Waals surface area contributed by atoms with Crippen molar-refractivity contribution >= 4 is 34.9 Å². The summed E-state index contributed by atoms with van der Waals surface area (Å²) in [5.74, 6) is -1.57. The van der Waals surface area contributed by atoms with E-state index in [9.17, 15) is 18.4 Å². The maximum absolute atomic E-state index is 14.8. The number of benzene rings is 2. The van der Waals surface area contributed by atoms with Crippen molar-refractivity contribution in [2.24, 2.45) is 0 Å². The van der Waals surface area contributed by atoms with E-state index in [4.69, 9.17) is 0 Å². The first kappa shape index (κ1) is 19.4. The predicted molar refractivity (Wildman–Crippen MR) is 109 cm³/mol. The van der Waals surface area contributed by atoms with Gasteiger partial charge in [-0.3, -0.25) is 9.59 Å². The molecule has 0 aliphatic carbocycles. The Bertz CT molecular complexity index is 1320. The summed E-state index contributed by atoms with van der Waals surface area (Å²) in [6.45, 7) is 2.69. The van der Waals surface area contributed by atoms with Crippen molar-refractivity contribution in [2.45, 2.75) is 13.8 Å². The summed E-state index contributed by atoms with van der Waals surface area (Å²) in [6.07, 6.45) is 6.24. The molecule has 0 aliphatic heterocycles. The highest BCUT2D eigenvalue weighted by Crippen LogP contribution is 2.30. The number of hydrogen-bond acceptors (Lipinski definition) is 4. The average Bonchev–Trinajstić information content (AvgIpc) is 3.32. The molecule has 2 aromatic carbocycles. The standard InChI is InChI=1S/C22H16F2N4O2/c1-13(29)27-12-16(11-25-27)18-9-19-21(8-5-15-3-6-17(23)7-4-15)26-28(14(2)30)22(19)10-20(18)24/h3-12H,1-2H3/b8-5+. The van der Waals surface area contributed by atoms with E-state index in [1.807, 2.05) is 0 Å². The number of carbonyl (C=O) groups excluding carboxylic acids is 2. The van der Waals surface area contributed by atoms with Gasteiger partial charge in [-0.05, 0) is 29.8 Å². The topological polar surface area (TPSA) is 69.8 Å². The molecule has 30 heavy (non-hydrogen) atoms. The second-order valence-electron chi connectivity index (χ2n) is 6.74. The summed E-state index contributed by atoms with van der Waals surface area (Å²) in [7, 11) is 0. The van der Waals surface area contributed by atoms with Crippen LogP contribution in [0.25, 0.3) is 34.2 Å². The van der Waals surface area contributed by atoms with Crippen LogP contribution >= 0.6 is 0 Å². The zero-order valence-electron chi connectivity index (χ0n) is 16.1. The number of aromatic nitrogens is 4. The summed E-state index contributed by atoms with van der Waals surface area (Å²) in [5.41, 5.74) is 2.17. The van der Waals surface area contributed by atoms with E-state index in [2.05, 4.69) is 10.2 Å². The van der Waals surface area contributed by atoms with Gasteiger partial charge in [-0.2, -0.15) is 14.9 Å². The molecule has 0 N–H and O–H groups in total. The summed E-state index contributed by atoms with van der Waals surface area (Å²) in [6, 6.07) is 8.70. The van der Waals surface area contributed by atoms with Gasteiger partial charge < -0.3 is 0 Å². The molecule has 0 aliphatic rings. The van der Waals surface area contributed by atoms with Gasteiger partial charge in [-0.15, -0.1) is 0 Å². The second-order valence-corrected chi connectivity index (χ2v) is 6.74. The molecule has 0 bridgehead atoms.